The summed E-state index contributed by atoms with van der Waals surface area (Å²) in [4.78, 5) is 15.1. The van der Waals surface area contributed by atoms with Gasteiger partial charge in [0.1, 0.15) is 0 Å². The lowest BCUT2D eigenvalue weighted by Crippen LogP contribution is -2.51. The Morgan fingerprint density at radius 3 is 2.48 bits per heavy atom. The lowest BCUT2D eigenvalue weighted by Gasteiger charge is -2.35. The van der Waals surface area contributed by atoms with E-state index in [2.05, 4.69) is 15.5 Å². The third-order valence-electron chi connectivity index (χ3n) is 4.88. The van der Waals surface area contributed by atoms with Crippen molar-refractivity contribution in [2.75, 3.05) is 53.0 Å². The van der Waals surface area contributed by atoms with Crippen molar-refractivity contribution in [1.29, 1.82) is 0 Å². The molecular formula is C16H31N3O2. The maximum Gasteiger partial charge on any atom is 0.228 e. The Labute approximate surface area is 128 Å². The van der Waals surface area contributed by atoms with Gasteiger partial charge >= 0.3 is 0 Å². The fourth-order valence-corrected chi connectivity index (χ4v) is 3.49. The Morgan fingerprint density at radius 2 is 1.86 bits per heavy atom. The molecule has 122 valence electrons. The molecule has 0 bridgehead atoms. The zero-order valence-corrected chi connectivity index (χ0v) is 13.5. The highest BCUT2D eigenvalue weighted by molar-refractivity contribution is 5.83. The van der Waals surface area contributed by atoms with E-state index in [0.29, 0.717) is 6.61 Å². The highest BCUT2D eigenvalue weighted by Crippen LogP contribution is 2.29. The highest BCUT2D eigenvalue weighted by Gasteiger charge is 2.39. The molecule has 2 saturated heterocycles. The van der Waals surface area contributed by atoms with Gasteiger partial charge in [0, 0.05) is 20.2 Å². The molecule has 2 fully saturated rings. The number of nitrogens with one attached hydrogen (secondary N) is 2. The number of carbonyl (C=O) groups excluding carboxylic acids is 1. The number of methoxy groups -OCH3 is 1. The number of piperidine rings is 1. The molecule has 0 radical (unpaired) electrons. The van der Waals surface area contributed by atoms with E-state index in [9.17, 15) is 4.79 Å². The monoisotopic (exact) mass is 297 g/mol. The van der Waals surface area contributed by atoms with Crippen molar-refractivity contribution in [3.05, 3.63) is 0 Å². The van der Waals surface area contributed by atoms with E-state index in [-0.39, 0.29) is 11.3 Å². The van der Waals surface area contributed by atoms with Crippen LogP contribution in [-0.4, -0.2) is 63.8 Å². The molecule has 5 heteroatoms. The zero-order chi connectivity index (χ0) is 15.0. The summed E-state index contributed by atoms with van der Waals surface area (Å²) in [6.07, 6.45) is 7.05. The number of nitrogens with zero attached hydrogens (tertiary/aromatic N) is 1. The zero-order valence-electron chi connectivity index (χ0n) is 13.5. The summed E-state index contributed by atoms with van der Waals surface area (Å²) < 4.78 is 5.32. The van der Waals surface area contributed by atoms with E-state index >= 15 is 0 Å². The minimum atomic E-state index is -0.321. The summed E-state index contributed by atoms with van der Waals surface area (Å²) in [6.45, 7) is 6.45. The fraction of sp³-hybridized carbons (Fsp3) is 0.938. The third kappa shape index (κ3) is 4.94. The summed E-state index contributed by atoms with van der Waals surface area (Å²) in [5.41, 5.74) is -0.321. The second-order valence-electron chi connectivity index (χ2n) is 6.48. The molecule has 1 amide bonds. The molecule has 0 aliphatic carbocycles. The van der Waals surface area contributed by atoms with Crippen LogP contribution in [0.2, 0.25) is 0 Å². The number of ether oxygens (including phenoxy) is 1. The van der Waals surface area contributed by atoms with E-state index < -0.39 is 0 Å². The van der Waals surface area contributed by atoms with E-state index in [1.54, 1.807) is 7.11 Å². The number of hydrogen-bond donors (Lipinski definition) is 2. The van der Waals surface area contributed by atoms with Gasteiger partial charge in [-0.3, -0.25) is 4.79 Å². The molecule has 0 atom stereocenters. The largest absolute Gasteiger partial charge is 0.384 e. The van der Waals surface area contributed by atoms with E-state index in [0.717, 1.165) is 39.0 Å². The Bertz CT molecular complexity index is 303. The second-order valence-corrected chi connectivity index (χ2v) is 6.48. The van der Waals surface area contributed by atoms with Crippen LogP contribution in [0.4, 0.5) is 0 Å². The van der Waals surface area contributed by atoms with Crippen LogP contribution < -0.4 is 10.6 Å². The lowest BCUT2D eigenvalue weighted by atomic mass is 9.78. The van der Waals surface area contributed by atoms with Crippen LogP contribution in [-0.2, 0) is 9.53 Å². The standard InChI is InChI=1S/C16H31N3O2/c1-21-14-16(6-8-17-9-7-16)15(20)18-10-13-19-11-4-2-3-5-12-19/h17H,2-14H2,1H3,(H,18,20). The molecule has 0 unspecified atom stereocenters. The molecule has 2 aliphatic rings. The molecule has 2 heterocycles. The maximum absolute atomic E-state index is 12.6. The molecule has 2 rings (SSSR count). The quantitative estimate of drug-likeness (QED) is 0.768. The SMILES string of the molecule is COCC1(C(=O)NCCN2CCCCCC2)CCNCC1. The summed E-state index contributed by atoms with van der Waals surface area (Å²) in [6, 6.07) is 0. The van der Waals surface area contributed by atoms with Crippen molar-refractivity contribution in [1.82, 2.24) is 15.5 Å². The second kappa shape index (κ2) is 8.71. The first-order valence-corrected chi connectivity index (χ1v) is 8.47. The average molecular weight is 297 g/mol. The van der Waals surface area contributed by atoms with Gasteiger partial charge in [-0.2, -0.15) is 0 Å². The van der Waals surface area contributed by atoms with Crippen LogP contribution in [0.3, 0.4) is 0 Å². The minimum absolute atomic E-state index is 0.181. The first kappa shape index (κ1) is 16.7. The third-order valence-corrected chi connectivity index (χ3v) is 4.88. The molecule has 0 aromatic carbocycles. The Morgan fingerprint density at radius 1 is 1.19 bits per heavy atom. The number of amides is 1. The normalized spacial score (nSPS) is 23.5. The van der Waals surface area contributed by atoms with E-state index in [1.165, 1.54) is 38.8 Å². The Balaban J connectivity index is 1.76. The van der Waals surface area contributed by atoms with Crippen molar-refractivity contribution in [2.24, 2.45) is 5.41 Å². The maximum atomic E-state index is 12.6. The molecule has 0 aromatic heterocycles. The Hall–Kier alpha value is -0.650. The minimum Gasteiger partial charge on any atom is -0.384 e. The predicted octanol–water partition coefficient (Wildman–Crippen LogP) is 0.995. The van der Waals surface area contributed by atoms with Gasteiger partial charge in [0.05, 0.1) is 12.0 Å². The van der Waals surface area contributed by atoms with Gasteiger partial charge < -0.3 is 20.3 Å². The molecule has 0 aromatic rings. The topological polar surface area (TPSA) is 53.6 Å². The average Bonchev–Trinajstić information content (AvgIpc) is 2.77. The van der Waals surface area contributed by atoms with Crippen LogP contribution >= 0.6 is 0 Å². The van der Waals surface area contributed by atoms with Gasteiger partial charge in [-0.15, -0.1) is 0 Å². The van der Waals surface area contributed by atoms with Crippen LogP contribution in [0.15, 0.2) is 0 Å². The van der Waals surface area contributed by atoms with Crippen molar-refractivity contribution in [3.63, 3.8) is 0 Å². The highest BCUT2D eigenvalue weighted by atomic mass is 16.5. The van der Waals surface area contributed by atoms with Crippen LogP contribution in [0.25, 0.3) is 0 Å². The molecule has 0 saturated carbocycles. The summed E-state index contributed by atoms with van der Waals surface area (Å²) >= 11 is 0. The number of likely N-dealkylation sites (tertiary alicyclic amines) is 1. The first-order valence-electron chi connectivity index (χ1n) is 8.47. The van der Waals surface area contributed by atoms with Crippen LogP contribution in [0.5, 0.6) is 0 Å². The van der Waals surface area contributed by atoms with Gasteiger partial charge in [-0.05, 0) is 51.9 Å². The van der Waals surface area contributed by atoms with Gasteiger partial charge in [-0.1, -0.05) is 12.8 Å². The predicted molar refractivity (Wildman–Crippen MR) is 84.3 cm³/mol. The van der Waals surface area contributed by atoms with Crippen molar-refractivity contribution in [3.8, 4) is 0 Å². The summed E-state index contributed by atoms with van der Waals surface area (Å²) in [5.74, 6) is 0.181. The first-order chi connectivity index (χ1) is 10.3. The Kier molecular flexibility index (Phi) is 6.93. The molecule has 2 aliphatic heterocycles. The smallest absolute Gasteiger partial charge is 0.228 e. The number of hydrogen-bond acceptors (Lipinski definition) is 4. The molecule has 0 spiro atoms. The molecular weight excluding hydrogens is 266 g/mol. The van der Waals surface area contributed by atoms with Gasteiger partial charge in [0.25, 0.3) is 0 Å². The van der Waals surface area contributed by atoms with Crippen LogP contribution in [0, 0.1) is 5.41 Å². The summed E-state index contributed by atoms with van der Waals surface area (Å²) in [7, 11) is 1.69. The van der Waals surface area contributed by atoms with Crippen molar-refractivity contribution >= 4 is 5.91 Å². The number of carbonyl (C=O) groups is 1. The van der Waals surface area contributed by atoms with Crippen LogP contribution in [0.1, 0.15) is 38.5 Å². The van der Waals surface area contributed by atoms with Gasteiger partial charge in [0.2, 0.25) is 5.91 Å². The summed E-state index contributed by atoms with van der Waals surface area (Å²) in [5, 5.41) is 6.48. The molecule has 21 heavy (non-hydrogen) atoms. The van der Waals surface area contributed by atoms with Crippen molar-refractivity contribution in [2.45, 2.75) is 38.5 Å². The van der Waals surface area contributed by atoms with Crippen molar-refractivity contribution < 1.29 is 9.53 Å². The van der Waals surface area contributed by atoms with E-state index in [4.69, 9.17) is 4.74 Å². The molecule has 2 N–H and O–H groups in total. The number of rotatable bonds is 6. The van der Waals surface area contributed by atoms with Gasteiger partial charge in [-0.25, -0.2) is 0 Å². The lowest BCUT2D eigenvalue weighted by molar-refractivity contribution is -0.136. The van der Waals surface area contributed by atoms with Gasteiger partial charge in [0.15, 0.2) is 0 Å². The fourth-order valence-electron chi connectivity index (χ4n) is 3.49. The molecule has 5 nitrogen and oxygen atoms in total. The van der Waals surface area contributed by atoms with E-state index in [1.807, 2.05) is 0 Å².